The molecule has 0 heterocycles. The van der Waals surface area contributed by atoms with Gasteiger partial charge in [0.15, 0.2) is 0 Å². The third kappa shape index (κ3) is 8.00. The Hall–Kier alpha value is -3.58. The first-order valence-corrected chi connectivity index (χ1v) is 12.6. The Bertz CT molecular complexity index is 1130. The second-order valence-corrected chi connectivity index (χ2v) is 9.05. The van der Waals surface area contributed by atoms with Crippen LogP contribution in [0.15, 0.2) is 83.8 Å². The zero-order chi connectivity index (χ0) is 25.0. The average Bonchev–Trinajstić information content (AvgIpc) is 2.87. The number of benzene rings is 3. The highest BCUT2D eigenvalue weighted by atomic mass is 32.2. The highest BCUT2D eigenvalue weighted by Crippen LogP contribution is 2.37. The van der Waals surface area contributed by atoms with Gasteiger partial charge in [0.25, 0.3) is 0 Å². The normalized spacial score (nSPS) is 11.4. The summed E-state index contributed by atoms with van der Waals surface area (Å²) in [4.78, 5) is 38.2. The molecule has 3 aromatic rings. The van der Waals surface area contributed by atoms with E-state index in [0.29, 0.717) is 30.0 Å². The fourth-order valence-electron chi connectivity index (χ4n) is 3.36. The van der Waals surface area contributed by atoms with E-state index in [4.69, 9.17) is 4.74 Å². The summed E-state index contributed by atoms with van der Waals surface area (Å²) in [5, 5.41) is 5.36. The Balaban J connectivity index is 1.75. The largest absolute Gasteiger partial charge is 0.462 e. The molecule has 6 nitrogen and oxygen atoms in total. The number of carbonyl (C=O) groups is 3. The second kappa shape index (κ2) is 13.3. The van der Waals surface area contributed by atoms with Gasteiger partial charge in [0.2, 0.25) is 11.8 Å². The zero-order valence-corrected chi connectivity index (χ0v) is 20.8. The van der Waals surface area contributed by atoms with Gasteiger partial charge < -0.3 is 15.4 Å². The van der Waals surface area contributed by atoms with E-state index in [0.717, 1.165) is 23.3 Å². The van der Waals surface area contributed by atoms with Crippen molar-refractivity contribution in [1.82, 2.24) is 0 Å². The number of ether oxygens (including phenoxy) is 1. The van der Waals surface area contributed by atoms with Crippen molar-refractivity contribution in [3.63, 3.8) is 0 Å². The highest BCUT2D eigenvalue weighted by Gasteiger charge is 2.22. The minimum atomic E-state index is -0.521. The van der Waals surface area contributed by atoms with Gasteiger partial charge in [-0.1, -0.05) is 49.7 Å². The lowest BCUT2D eigenvalue weighted by Gasteiger charge is -2.18. The average molecular weight is 491 g/mol. The maximum Gasteiger partial charge on any atom is 0.338 e. The van der Waals surface area contributed by atoms with E-state index < -0.39 is 11.2 Å². The predicted molar refractivity (Wildman–Crippen MR) is 141 cm³/mol. The molecule has 0 saturated heterocycles. The number of carbonyl (C=O) groups excluding carboxylic acids is 3. The van der Waals surface area contributed by atoms with Crippen LogP contribution in [0.2, 0.25) is 0 Å². The molecule has 1 atom stereocenters. The molecule has 3 rings (SSSR count). The first-order chi connectivity index (χ1) is 17.0. The van der Waals surface area contributed by atoms with E-state index in [1.807, 2.05) is 61.5 Å². The van der Waals surface area contributed by atoms with Crippen molar-refractivity contribution in [2.24, 2.45) is 0 Å². The van der Waals surface area contributed by atoms with Gasteiger partial charge >= 0.3 is 5.97 Å². The van der Waals surface area contributed by atoms with Crippen LogP contribution in [0.3, 0.4) is 0 Å². The van der Waals surface area contributed by atoms with Crippen molar-refractivity contribution in [3.8, 4) is 0 Å². The number of amides is 2. The Morgan fingerprint density at radius 2 is 1.60 bits per heavy atom. The molecule has 0 spiro atoms. The molecule has 0 bridgehead atoms. The van der Waals surface area contributed by atoms with Crippen molar-refractivity contribution in [1.29, 1.82) is 0 Å². The summed E-state index contributed by atoms with van der Waals surface area (Å²) in [7, 11) is 0. The minimum absolute atomic E-state index is 0.0161. The summed E-state index contributed by atoms with van der Waals surface area (Å²) in [6.07, 6.45) is 2.29. The van der Waals surface area contributed by atoms with Crippen LogP contribution in [0.4, 0.5) is 11.4 Å². The number of rotatable bonds is 11. The molecule has 182 valence electrons. The summed E-state index contributed by atoms with van der Waals surface area (Å²) in [6, 6.07) is 23.7. The molecule has 0 radical (unpaired) electrons. The fourth-order valence-corrected chi connectivity index (χ4v) is 4.44. The van der Waals surface area contributed by atoms with Crippen molar-refractivity contribution in [2.45, 2.75) is 43.3 Å². The molecule has 0 aromatic heterocycles. The Labute approximate surface area is 210 Å². The fraction of sp³-hybridized carbons (Fsp3) is 0.250. The van der Waals surface area contributed by atoms with Gasteiger partial charge in [-0.15, -0.1) is 11.8 Å². The predicted octanol–water partition coefficient (Wildman–Crippen LogP) is 6.46. The van der Waals surface area contributed by atoms with Crippen LogP contribution < -0.4 is 10.6 Å². The summed E-state index contributed by atoms with van der Waals surface area (Å²) in [6.45, 7) is 4.11. The third-order valence-corrected chi connectivity index (χ3v) is 6.38. The van der Waals surface area contributed by atoms with Crippen molar-refractivity contribution in [2.75, 3.05) is 17.2 Å². The van der Waals surface area contributed by atoms with Gasteiger partial charge in [-0.2, -0.15) is 0 Å². The molecular weight excluding hydrogens is 460 g/mol. The molecule has 7 heteroatoms. The van der Waals surface area contributed by atoms with Crippen LogP contribution in [0, 0.1) is 0 Å². The van der Waals surface area contributed by atoms with Crippen LogP contribution in [0.25, 0.3) is 0 Å². The number of thioether (sulfide) groups is 1. The lowest BCUT2D eigenvalue weighted by atomic mass is 10.1. The molecule has 0 aliphatic rings. The number of hydrogen-bond donors (Lipinski definition) is 2. The monoisotopic (exact) mass is 490 g/mol. The third-order valence-electron chi connectivity index (χ3n) is 5.13. The molecule has 0 aliphatic heterocycles. The highest BCUT2D eigenvalue weighted by molar-refractivity contribution is 8.00. The van der Waals surface area contributed by atoms with E-state index in [1.165, 1.54) is 11.8 Å². The summed E-state index contributed by atoms with van der Waals surface area (Å²) >= 11 is 1.41. The van der Waals surface area contributed by atoms with Crippen LogP contribution >= 0.6 is 11.8 Å². The Morgan fingerprint density at radius 3 is 2.29 bits per heavy atom. The molecule has 1 unspecified atom stereocenters. The van der Waals surface area contributed by atoms with Crippen LogP contribution in [0.5, 0.6) is 0 Å². The van der Waals surface area contributed by atoms with Crippen molar-refractivity contribution >= 4 is 40.9 Å². The van der Waals surface area contributed by atoms with Crippen molar-refractivity contribution < 1.29 is 19.1 Å². The van der Waals surface area contributed by atoms with Gasteiger partial charge in [0.05, 0.1) is 12.2 Å². The van der Waals surface area contributed by atoms with E-state index in [-0.39, 0.29) is 11.8 Å². The van der Waals surface area contributed by atoms with Crippen molar-refractivity contribution in [3.05, 3.63) is 90.0 Å². The number of hydrogen-bond acceptors (Lipinski definition) is 5. The van der Waals surface area contributed by atoms with E-state index in [2.05, 4.69) is 10.6 Å². The lowest BCUT2D eigenvalue weighted by Crippen LogP contribution is -2.19. The number of esters is 1. The van der Waals surface area contributed by atoms with Gasteiger partial charge in [-0.25, -0.2) is 4.79 Å². The van der Waals surface area contributed by atoms with Gasteiger partial charge in [-0.3, -0.25) is 9.59 Å². The molecule has 0 saturated carbocycles. The topological polar surface area (TPSA) is 84.5 Å². The molecule has 3 aromatic carbocycles. The maximum absolute atomic E-state index is 13.3. The summed E-state index contributed by atoms with van der Waals surface area (Å²) in [5.41, 5.74) is 2.58. The molecular formula is C28H30N2O4S. The Morgan fingerprint density at radius 1 is 0.857 bits per heavy atom. The molecule has 0 fully saturated rings. The SMILES string of the molecule is CCCCC(=O)Nc1cccc(SC(C(=O)Nc2ccc(C(=O)OCC)cc2)c2ccccc2)c1. The number of unbranched alkanes of at least 4 members (excludes halogenated alkanes) is 1. The first kappa shape index (κ1) is 26.0. The summed E-state index contributed by atoms with van der Waals surface area (Å²) < 4.78 is 5.01. The van der Waals surface area contributed by atoms with Gasteiger partial charge in [0, 0.05) is 22.7 Å². The smallest absolute Gasteiger partial charge is 0.338 e. The molecule has 35 heavy (non-hydrogen) atoms. The van der Waals surface area contributed by atoms with E-state index >= 15 is 0 Å². The Kier molecular flexibility index (Phi) is 9.93. The van der Waals surface area contributed by atoms with E-state index in [9.17, 15) is 14.4 Å². The minimum Gasteiger partial charge on any atom is -0.462 e. The number of anilines is 2. The van der Waals surface area contributed by atoms with E-state index in [1.54, 1.807) is 31.2 Å². The van der Waals surface area contributed by atoms with Crippen LogP contribution in [-0.4, -0.2) is 24.4 Å². The van der Waals surface area contributed by atoms with Crippen LogP contribution in [-0.2, 0) is 14.3 Å². The molecule has 0 aliphatic carbocycles. The maximum atomic E-state index is 13.3. The quantitative estimate of drug-likeness (QED) is 0.238. The van der Waals surface area contributed by atoms with Gasteiger partial charge in [-0.05, 0) is 61.4 Å². The second-order valence-electron chi connectivity index (χ2n) is 7.88. The zero-order valence-electron chi connectivity index (χ0n) is 20.0. The first-order valence-electron chi connectivity index (χ1n) is 11.7. The van der Waals surface area contributed by atoms with Gasteiger partial charge in [0.1, 0.15) is 5.25 Å². The molecule has 2 N–H and O–H groups in total. The lowest BCUT2D eigenvalue weighted by molar-refractivity contribution is -0.116. The molecule has 2 amide bonds. The number of nitrogens with one attached hydrogen (secondary N) is 2. The standard InChI is InChI=1S/C28H30N2O4S/c1-3-5-14-25(31)29-23-12-9-13-24(19-23)35-26(20-10-7-6-8-11-20)27(32)30-22-17-15-21(16-18-22)28(33)34-4-2/h6-13,15-19,26H,3-5,14H2,1-2H3,(H,29,31)(H,30,32). The van der Waals surface area contributed by atoms with Crippen LogP contribution in [0.1, 0.15) is 54.3 Å². The summed E-state index contributed by atoms with van der Waals surface area (Å²) in [5.74, 6) is -0.607.